The monoisotopic (exact) mass is 216 g/mol. The number of hydrogen-bond acceptors (Lipinski definition) is 3. The quantitative estimate of drug-likeness (QED) is 0.847. The molecule has 2 aromatic heterocycles. The van der Waals surface area contributed by atoms with E-state index in [9.17, 15) is 0 Å². The van der Waals surface area contributed by atoms with Crippen LogP contribution in [0, 0.1) is 13.8 Å². The van der Waals surface area contributed by atoms with Gasteiger partial charge in [-0.15, -0.1) is 0 Å². The molecule has 0 fully saturated rings. The summed E-state index contributed by atoms with van der Waals surface area (Å²) in [5.74, 6) is 0. The van der Waals surface area contributed by atoms with Crippen molar-refractivity contribution in [2.24, 2.45) is 0 Å². The summed E-state index contributed by atoms with van der Waals surface area (Å²) in [6.45, 7) is 4.86. The van der Waals surface area contributed by atoms with E-state index >= 15 is 0 Å². The molecular formula is C12H16N4. The van der Waals surface area contributed by atoms with E-state index in [0.717, 1.165) is 29.2 Å². The van der Waals surface area contributed by atoms with Crippen molar-refractivity contribution in [1.82, 2.24) is 20.1 Å². The number of nitrogens with zero attached hydrogens (tertiary/aromatic N) is 3. The van der Waals surface area contributed by atoms with Crippen LogP contribution >= 0.6 is 0 Å². The maximum Gasteiger partial charge on any atom is 0.0835 e. The first kappa shape index (κ1) is 10.8. The van der Waals surface area contributed by atoms with E-state index in [0.29, 0.717) is 0 Å². The summed E-state index contributed by atoms with van der Waals surface area (Å²) < 4.78 is 1.92. The third-order valence-corrected chi connectivity index (χ3v) is 2.42. The molecule has 0 aromatic carbocycles. The number of rotatable bonds is 3. The standard InChI is InChI=1S/C12H16N4/c1-9-4-10(2)16(15-9)12-5-11(6-13-3)7-14-8-12/h4-5,7-8,13H,6H2,1-3H3. The normalized spacial score (nSPS) is 10.7. The van der Waals surface area contributed by atoms with Crippen LogP contribution < -0.4 is 5.32 Å². The van der Waals surface area contributed by atoms with Crippen LogP contribution in [0.3, 0.4) is 0 Å². The zero-order valence-corrected chi connectivity index (χ0v) is 9.86. The van der Waals surface area contributed by atoms with E-state index in [1.807, 2.05) is 38.0 Å². The molecule has 2 aromatic rings. The van der Waals surface area contributed by atoms with Gasteiger partial charge in [0.2, 0.25) is 0 Å². The number of hydrogen-bond donors (Lipinski definition) is 1. The predicted molar refractivity (Wildman–Crippen MR) is 63.6 cm³/mol. The Morgan fingerprint density at radius 1 is 1.25 bits per heavy atom. The Bertz CT molecular complexity index is 488. The molecule has 0 bridgehead atoms. The van der Waals surface area contributed by atoms with Crippen LogP contribution in [0.4, 0.5) is 0 Å². The van der Waals surface area contributed by atoms with E-state index in [1.165, 1.54) is 0 Å². The SMILES string of the molecule is CNCc1cncc(-n2nc(C)cc2C)c1. The lowest BCUT2D eigenvalue weighted by Gasteiger charge is -2.06. The minimum absolute atomic E-state index is 0.820. The fourth-order valence-corrected chi connectivity index (χ4v) is 1.78. The zero-order valence-electron chi connectivity index (χ0n) is 9.86. The highest BCUT2D eigenvalue weighted by atomic mass is 15.3. The van der Waals surface area contributed by atoms with E-state index in [1.54, 1.807) is 0 Å². The first-order valence-corrected chi connectivity index (χ1v) is 5.33. The lowest BCUT2D eigenvalue weighted by atomic mass is 10.2. The molecule has 0 aliphatic rings. The summed E-state index contributed by atoms with van der Waals surface area (Å²) in [4.78, 5) is 4.23. The van der Waals surface area contributed by atoms with Crippen LogP contribution in [0.2, 0.25) is 0 Å². The molecule has 1 N–H and O–H groups in total. The Morgan fingerprint density at radius 3 is 2.69 bits per heavy atom. The Hall–Kier alpha value is -1.68. The second kappa shape index (κ2) is 4.45. The van der Waals surface area contributed by atoms with Crippen LogP contribution in [0.15, 0.2) is 24.5 Å². The lowest BCUT2D eigenvalue weighted by Crippen LogP contribution is -2.07. The number of nitrogens with one attached hydrogen (secondary N) is 1. The number of aryl methyl sites for hydroxylation is 2. The maximum absolute atomic E-state index is 4.44. The second-order valence-electron chi connectivity index (χ2n) is 3.92. The van der Waals surface area contributed by atoms with Crippen LogP contribution in [-0.2, 0) is 6.54 Å². The summed E-state index contributed by atoms with van der Waals surface area (Å²) in [6, 6.07) is 4.16. The van der Waals surface area contributed by atoms with Crippen molar-refractivity contribution in [3.8, 4) is 5.69 Å². The first-order valence-electron chi connectivity index (χ1n) is 5.33. The molecule has 0 unspecified atom stereocenters. The number of aromatic nitrogens is 3. The van der Waals surface area contributed by atoms with Gasteiger partial charge in [-0.2, -0.15) is 5.10 Å². The number of pyridine rings is 1. The van der Waals surface area contributed by atoms with Gasteiger partial charge in [-0.05, 0) is 38.6 Å². The van der Waals surface area contributed by atoms with E-state index in [4.69, 9.17) is 0 Å². The average molecular weight is 216 g/mol. The van der Waals surface area contributed by atoms with Crippen molar-refractivity contribution in [2.45, 2.75) is 20.4 Å². The Morgan fingerprint density at radius 2 is 2.06 bits per heavy atom. The van der Waals surface area contributed by atoms with Crippen LogP contribution in [-0.4, -0.2) is 21.8 Å². The molecule has 0 radical (unpaired) electrons. The Kier molecular flexibility index (Phi) is 3.01. The topological polar surface area (TPSA) is 42.7 Å². The van der Waals surface area contributed by atoms with Crippen LogP contribution in [0.1, 0.15) is 17.0 Å². The molecule has 2 rings (SSSR count). The molecule has 0 saturated heterocycles. The van der Waals surface area contributed by atoms with Crippen molar-refractivity contribution in [1.29, 1.82) is 0 Å². The van der Waals surface area contributed by atoms with Gasteiger partial charge in [-0.1, -0.05) is 0 Å². The predicted octanol–water partition coefficient (Wildman–Crippen LogP) is 1.60. The van der Waals surface area contributed by atoms with Gasteiger partial charge in [0.15, 0.2) is 0 Å². The van der Waals surface area contributed by atoms with E-state index in [-0.39, 0.29) is 0 Å². The summed E-state index contributed by atoms with van der Waals surface area (Å²) in [5.41, 5.74) is 4.32. The molecule has 0 aliphatic heterocycles. The van der Waals surface area contributed by atoms with Crippen LogP contribution in [0.25, 0.3) is 5.69 Å². The molecule has 4 heteroatoms. The third kappa shape index (κ3) is 2.12. The molecule has 0 spiro atoms. The maximum atomic E-state index is 4.44. The molecule has 16 heavy (non-hydrogen) atoms. The molecule has 0 saturated carbocycles. The van der Waals surface area contributed by atoms with Crippen molar-refractivity contribution in [2.75, 3.05) is 7.05 Å². The summed E-state index contributed by atoms with van der Waals surface area (Å²) in [6.07, 6.45) is 3.70. The van der Waals surface area contributed by atoms with Gasteiger partial charge in [0.1, 0.15) is 0 Å². The van der Waals surface area contributed by atoms with Gasteiger partial charge in [0.05, 0.1) is 17.6 Å². The zero-order chi connectivity index (χ0) is 11.5. The minimum Gasteiger partial charge on any atom is -0.316 e. The third-order valence-electron chi connectivity index (χ3n) is 2.42. The van der Waals surface area contributed by atoms with Gasteiger partial charge < -0.3 is 5.32 Å². The minimum atomic E-state index is 0.820. The molecular weight excluding hydrogens is 200 g/mol. The molecule has 4 nitrogen and oxygen atoms in total. The van der Waals surface area contributed by atoms with Gasteiger partial charge in [0.25, 0.3) is 0 Å². The smallest absolute Gasteiger partial charge is 0.0835 e. The fraction of sp³-hybridized carbons (Fsp3) is 0.333. The highest BCUT2D eigenvalue weighted by molar-refractivity contribution is 5.33. The van der Waals surface area contributed by atoms with Gasteiger partial charge in [0, 0.05) is 18.4 Å². The van der Waals surface area contributed by atoms with Crippen molar-refractivity contribution >= 4 is 0 Å². The first-order chi connectivity index (χ1) is 7.70. The van der Waals surface area contributed by atoms with Gasteiger partial charge >= 0.3 is 0 Å². The van der Waals surface area contributed by atoms with Crippen molar-refractivity contribution < 1.29 is 0 Å². The second-order valence-corrected chi connectivity index (χ2v) is 3.92. The summed E-state index contributed by atoms with van der Waals surface area (Å²) in [5, 5.41) is 7.55. The summed E-state index contributed by atoms with van der Waals surface area (Å²) >= 11 is 0. The fourth-order valence-electron chi connectivity index (χ4n) is 1.78. The highest BCUT2D eigenvalue weighted by Crippen LogP contribution is 2.12. The highest BCUT2D eigenvalue weighted by Gasteiger charge is 2.04. The lowest BCUT2D eigenvalue weighted by molar-refractivity contribution is 0.795. The summed E-state index contributed by atoms with van der Waals surface area (Å²) in [7, 11) is 1.93. The van der Waals surface area contributed by atoms with E-state index < -0.39 is 0 Å². The van der Waals surface area contributed by atoms with Crippen LogP contribution in [0.5, 0.6) is 0 Å². The molecule has 0 amide bonds. The molecule has 84 valence electrons. The molecule has 0 atom stereocenters. The Balaban J connectivity index is 2.40. The average Bonchev–Trinajstić information content (AvgIpc) is 2.59. The Labute approximate surface area is 95.3 Å². The van der Waals surface area contributed by atoms with Crippen molar-refractivity contribution in [3.63, 3.8) is 0 Å². The largest absolute Gasteiger partial charge is 0.316 e. The molecule has 2 heterocycles. The van der Waals surface area contributed by atoms with Gasteiger partial charge in [-0.25, -0.2) is 4.68 Å². The van der Waals surface area contributed by atoms with Crippen molar-refractivity contribution in [3.05, 3.63) is 41.5 Å². The van der Waals surface area contributed by atoms with E-state index in [2.05, 4.69) is 27.5 Å². The van der Waals surface area contributed by atoms with Gasteiger partial charge in [-0.3, -0.25) is 4.98 Å². The molecule has 0 aliphatic carbocycles.